The van der Waals surface area contributed by atoms with Gasteiger partial charge in [0.25, 0.3) is 0 Å². The van der Waals surface area contributed by atoms with Crippen LogP contribution >= 0.6 is 0 Å². The zero-order chi connectivity index (χ0) is 19.5. The summed E-state index contributed by atoms with van der Waals surface area (Å²) < 4.78 is 67.5. The molecule has 1 aliphatic rings. The molecule has 0 saturated carbocycles. The largest absolute Gasteiger partial charge is 0.573 e. The van der Waals surface area contributed by atoms with Gasteiger partial charge in [-0.1, -0.05) is 26.3 Å². The van der Waals surface area contributed by atoms with Gasteiger partial charge in [0.2, 0.25) is 15.9 Å². The molecule has 1 amide bonds. The second kappa shape index (κ2) is 7.83. The Balaban J connectivity index is 2.08. The molecule has 2 unspecified atom stereocenters. The van der Waals surface area contributed by atoms with Crippen molar-refractivity contribution in [1.82, 2.24) is 4.72 Å². The molecule has 1 aromatic rings. The Morgan fingerprint density at radius 1 is 1.38 bits per heavy atom. The number of anilines is 1. The molecule has 1 N–H and O–H groups in total. The highest BCUT2D eigenvalue weighted by atomic mass is 32.2. The van der Waals surface area contributed by atoms with Crippen LogP contribution in [0.5, 0.6) is 5.75 Å². The zero-order valence-corrected chi connectivity index (χ0v) is 15.2. The van der Waals surface area contributed by atoms with E-state index in [1.807, 2.05) is 6.92 Å². The van der Waals surface area contributed by atoms with Gasteiger partial charge < -0.3 is 9.64 Å². The molecule has 1 aliphatic heterocycles. The molecule has 10 heteroatoms. The van der Waals surface area contributed by atoms with Crippen LogP contribution in [0.1, 0.15) is 26.7 Å². The molecule has 0 bridgehead atoms. The Morgan fingerprint density at radius 2 is 2.08 bits per heavy atom. The summed E-state index contributed by atoms with van der Waals surface area (Å²) in [7, 11) is -3.62. The van der Waals surface area contributed by atoms with Gasteiger partial charge >= 0.3 is 6.36 Å². The number of nitrogens with zero attached hydrogens (tertiary/aromatic N) is 1. The monoisotopic (exact) mass is 394 g/mol. The molecule has 2 atom stereocenters. The number of nitrogens with one attached hydrogen (secondary N) is 1. The molecule has 2 rings (SSSR count). The molecule has 0 radical (unpaired) electrons. The van der Waals surface area contributed by atoms with Gasteiger partial charge in [0.1, 0.15) is 11.8 Å². The van der Waals surface area contributed by atoms with Gasteiger partial charge in [-0.15, -0.1) is 13.2 Å². The van der Waals surface area contributed by atoms with Gasteiger partial charge in [-0.05, 0) is 24.5 Å². The number of rotatable bonds is 7. The van der Waals surface area contributed by atoms with Crippen molar-refractivity contribution < 1.29 is 31.1 Å². The van der Waals surface area contributed by atoms with Crippen molar-refractivity contribution in [3.8, 4) is 5.75 Å². The highest BCUT2D eigenvalue weighted by molar-refractivity contribution is 7.89. The average Bonchev–Trinajstić information content (AvgIpc) is 2.85. The van der Waals surface area contributed by atoms with Gasteiger partial charge in [0.05, 0.1) is 5.75 Å². The summed E-state index contributed by atoms with van der Waals surface area (Å²) in [6.07, 6.45) is -3.90. The maximum Gasteiger partial charge on any atom is 0.573 e. The summed E-state index contributed by atoms with van der Waals surface area (Å²) in [6.45, 7) is 3.87. The van der Waals surface area contributed by atoms with Crippen LogP contribution in [0.4, 0.5) is 18.9 Å². The summed E-state index contributed by atoms with van der Waals surface area (Å²) in [5.74, 6) is -1.07. The smallest absolute Gasteiger partial charge is 0.406 e. The van der Waals surface area contributed by atoms with Crippen molar-refractivity contribution in [3.63, 3.8) is 0 Å². The van der Waals surface area contributed by atoms with E-state index in [1.54, 1.807) is 6.92 Å². The van der Waals surface area contributed by atoms with E-state index in [-0.39, 0.29) is 30.3 Å². The topological polar surface area (TPSA) is 75.7 Å². The minimum atomic E-state index is -4.83. The molecule has 0 aliphatic carbocycles. The standard InChI is InChI=1S/C16H21F3N2O4S/c1-3-11(2)10-26(23,24)20-14-7-8-21(15(14)22)12-5-4-6-13(9-12)25-16(17,18)19/h4-6,9,11,14,20H,3,7-8,10H2,1-2H3. The minimum absolute atomic E-state index is 0.0451. The molecule has 1 heterocycles. The molecular formula is C16H21F3N2O4S. The first-order chi connectivity index (χ1) is 12.0. The molecule has 26 heavy (non-hydrogen) atoms. The number of sulfonamides is 1. The zero-order valence-electron chi connectivity index (χ0n) is 14.4. The van der Waals surface area contributed by atoms with Crippen LogP contribution in [0.2, 0.25) is 0 Å². The molecule has 146 valence electrons. The Labute approximate surface area is 150 Å². The Hall–Kier alpha value is -1.81. The number of alkyl halides is 3. The van der Waals surface area contributed by atoms with Gasteiger partial charge in [0, 0.05) is 18.3 Å². The van der Waals surface area contributed by atoms with E-state index in [0.717, 1.165) is 12.1 Å². The number of benzene rings is 1. The minimum Gasteiger partial charge on any atom is -0.406 e. The Bertz CT molecular complexity index is 752. The molecule has 1 aromatic carbocycles. The van der Waals surface area contributed by atoms with E-state index in [4.69, 9.17) is 0 Å². The van der Waals surface area contributed by atoms with Crippen LogP contribution in [0.3, 0.4) is 0 Å². The fourth-order valence-corrected chi connectivity index (χ4v) is 4.38. The number of hydrogen-bond donors (Lipinski definition) is 1. The average molecular weight is 394 g/mol. The lowest BCUT2D eigenvalue weighted by Gasteiger charge is -2.19. The summed E-state index contributed by atoms with van der Waals surface area (Å²) in [5, 5.41) is 0. The van der Waals surface area contributed by atoms with Crippen molar-refractivity contribution in [2.24, 2.45) is 5.92 Å². The van der Waals surface area contributed by atoms with Gasteiger partial charge in [0.15, 0.2) is 0 Å². The van der Waals surface area contributed by atoms with Crippen LogP contribution in [0.15, 0.2) is 24.3 Å². The molecule has 0 spiro atoms. The van der Waals surface area contributed by atoms with Crippen LogP contribution in [0.25, 0.3) is 0 Å². The third kappa shape index (κ3) is 5.60. The van der Waals surface area contributed by atoms with Crippen molar-refractivity contribution in [2.45, 2.75) is 39.1 Å². The van der Waals surface area contributed by atoms with Crippen LogP contribution < -0.4 is 14.4 Å². The van der Waals surface area contributed by atoms with Gasteiger partial charge in [-0.3, -0.25) is 4.79 Å². The molecule has 1 fully saturated rings. The molecule has 6 nitrogen and oxygen atoms in total. The summed E-state index contributed by atoms with van der Waals surface area (Å²) >= 11 is 0. The quantitative estimate of drug-likeness (QED) is 0.772. The van der Waals surface area contributed by atoms with Crippen LogP contribution in [-0.2, 0) is 14.8 Å². The van der Waals surface area contributed by atoms with Crippen molar-refractivity contribution in [3.05, 3.63) is 24.3 Å². The Morgan fingerprint density at radius 3 is 2.69 bits per heavy atom. The maximum absolute atomic E-state index is 12.5. The number of halogens is 3. The van der Waals surface area contributed by atoms with Crippen LogP contribution in [0, 0.1) is 5.92 Å². The first kappa shape index (κ1) is 20.5. The highest BCUT2D eigenvalue weighted by Gasteiger charge is 2.36. The summed E-state index contributed by atoms with van der Waals surface area (Å²) in [4.78, 5) is 13.7. The van der Waals surface area contributed by atoms with E-state index in [9.17, 15) is 26.4 Å². The van der Waals surface area contributed by atoms with Crippen molar-refractivity contribution >= 4 is 21.6 Å². The van der Waals surface area contributed by atoms with Gasteiger partial charge in [-0.25, -0.2) is 13.1 Å². The number of carbonyl (C=O) groups excluding carboxylic acids is 1. The first-order valence-corrected chi connectivity index (χ1v) is 9.83. The van der Waals surface area contributed by atoms with E-state index < -0.39 is 34.1 Å². The maximum atomic E-state index is 12.5. The molecule has 0 aromatic heterocycles. The number of carbonyl (C=O) groups is 1. The predicted molar refractivity (Wildman–Crippen MR) is 90.3 cm³/mol. The highest BCUT2D eigenvalue weighted by Crippen LogP contribution is 2.29. The normalized spacial score (nSPS) is 19.7. The van der Waals surface area contributed by atoms with E-state index >= 15 is 0 Å². The summed E-state index contributed by atoms with van der Waals surface area (Å²) in [6, 6.07) is 4.11. The van der Waals surface area contributed by atoms with E-state index in [2.05, 4.69) is 9.46 Å². The number of amides is 1. The lowest BCUT2D eigenvalue weighted by Crippen LogP contribution is -2.43. The lowest BCUT2D eigenvalue weighted by atomic mass is 10.2. The second-order valence-electron chi connectivity index (χ2n) is 6.29. The first-order valence-electron chi connectivity index (χ1n) is 8.18. The second-order valence-corrected chi connectivity index (χ2v) is 8.09. The Kier molecular flexibility index (Phi) is 6.17. The fourth-order valence-electron chi connectivity index (χ4n) is 2.65. The van der Waals surface area contributed by atoms with E-state index in [1.165, 1.54) is 17.0 Å². The van der Waals surface area contributed by atoms with Gasteiger partial charge in [-0.2, -0.15) is 0 Å². The SMILES string of the molecule is CCC(C)CS(=O)(=O)NC1CCN(c2cccc(OC(F)(F)F)c2)C1=O. The molecular weight excluding hydrogens is 373 g/mol. The predicted octanol–water partition coefficient (Wildman–Crippen LogP) is 2.66. The third-order valence-electron chi connectivity index (χ3n) is 4.09. The van der Waals surface area contributed by atoms with Crippen LogP contribution in [-0.4, -0.2) is 39.0 Å². The molecule has 1 saturated heterocycles. The summed E-state index contributed by atoms with van der Waals surface area (Å²) in [5.41, 5.74) is 0.223. The van der Waals surface area contributed by atoms with E-state index in [0.29, 0.717) is 6.42 Å². The number of hydrogen-bond acceptors (Lipinski definition) is 4. The fraction of sp³-hybridized carbons (Fsp3) is 0.562. The van der Waals surface area contributed by atoms with Crippen molar-refractivity contribution in [1.29, 1.82) is 0 Å². The van der Waals surface area contributed by atoms with Crippen molar-refractivity contribution in [2.75, 3.05) is 17.2 Å². The number of ether oxygens (including phenoxy) is 1. The third-order valence-corrected chi connectivity index (χ3v) is 5.74. The lowest BCUT2D eigenvalue weighted by molar-refractivity contribution is -0.274.